The summed E-state index contributed by atoms with van der Waals surface area (Å²) in [7, 11) is 0. The van der Waals surface area contributed by atoms with Gasteiger partial charge in [0.1, 0.15) is 0 Å². The lowest BCUT2D eigenvalue weighted by atomic mass is 10.3. The summed E-state index contributed by atoms with van der Waals surface area (Å²) in [5.74, 6) is 0.256. The average molecular weight is 293 g/mol. The second-order valence-corrected chi connectivity index (χ2v) is 3.77. The summed E-state index contributed by atoms with van der Waals surface area (Å²) < 4.78 is 0. The van der Waals surface area contributed by atoms with E-state index in [1.165, 1.54) is 4.90 Å². The van der Waals surface area contributed by atoms with E-state index in [9.17, 15) is 4.79 Å². The van der Waals surface area contributed by atoms with Crippen LogP contribution >= 0.6 is 24.0 Å². The van der Waals surface area contributed by atoms with E-state index in [4.69, 9.17) is 17.3 Å². The first-order valence-electron chi connectivity index (χ1n) is 4.81. The Morgan fingerprint density at radius 1 is 1.39 bits per heavy atom. The number of nitrogens with zero attached hydrogens (tertiary/aromatic N) is 2. The summed E-state index contributed by atoms with van der Waals surface area (Å²) in [6, 6.07) is 6.59. The van der Waals surface area contributed by atoms with Gasteiger partial charge in [-0.15, -0.1) is 12.4 Å². The quantitative estimate of drug-likeness (QED) is 0.809. The standard InChI is InChI=1S/C10H11ClN4O.ClH.H2O/c11-7-1-3-8(4-2-7)14-10(16)15-6-5-13-9(15)12;;/h1-4H,5-6H2,(H2,12,13)(H,14,16);1H;1H2. The minimum atomic E-state index is -0.277. The maximum Gasteiger partial charge on any atom is 0.328 e. The molecule has 5 N–H and O–H groups in total. The number of carbonyl (C=O) groups is 1. The fraction of sp³-hybridized carbons (Fsp3) is 0.200. The van der Waals surface area contributed by atoms with Gasteiger partial charge in [0.2, 0.25) is 0 Å². The first kappa shape index (κ1) is 16.5. The van der Waals surface area contributed by atoms with Crippen LogP contribution in [0.15, 0.2) is 29.3 Å². The monoisotopic (exact) mass is 292 g/mol. The number of carbonyl (C=O) groups excluding carboxylic acids is 1. The molecule has 1 aliphatic rings. The third-order valence-electron chi connectivity index (χ3n) is 2.21. The van der Waals surface area contributed by atoms with Crippen molar-refractivity contribution in [2.24, 2.45) is 10.7 Å². The number of amides is 2. The Morgan fingerprint density at radius 3 is 2.50 bits per heavy atom. The van der Waals surface area contributed by atoms with E-state index >= 15 is 0 Å². The van der Waals surface area contributed by atoms with E-state index in [1.807, 2.05) is 0 Å². The highest BCUT2D eigenvalue weighted by Crippen LogP contribution is 2.14. The van der Waals surface area contributed by atoms with Crippen LogP contribution in [0.3, 0.4) is 0 Å². The van der Waals surface area contributed by atoms with Gasteiger partial charge in [-0.25, -0.2) is 4.79 Å². The number of urea groups is 1. The summed E-state index contributed by atoms with van der Waals surface area (Å²) in [6.07, 6.45) is 0. The number of nitrogens with one attached hydrogen (secondary N) is 1. The summed E-state index contributed by atoms with van der Waals surface area (Å²) in [6.45, 7) is 1.07. The number of anilines is 1. The van der Waals surface area contributed by atoms with Crippen molar-refractivity contribution < 1.29 is 10.3 Å². The van der Waals surface area contributed by atoms with Gasteiger partial charge in [0.05, 0.1) is 13.1 Å². The second-order valence-electron chi connectivity index (χ2n) is 3.33. The van der Waals surface area contributed by atoms with Crippen LogP contribution in [0.1, 0.15) is 0 Å². The minimum Gasteiger partial charge on any atom is -0.412 e. The first-order valence-corrected chi connectivity index (χ1v) is 5.18. The summed E-state index contributed by atoms with van der Waals surface area (Å²) in [5.41, 5.74) is 6.23. The van der Waals surface area contributed by atoms with Gasteiger partial charge >= 0.3 is 6.03 Å². The molecule has 0 atom stereocenters. The molecule has 1 aliphatic heterocycles. The van der Waals surface area contributed by atoms with Crippen molar-refractivity contribution in [1.82, 2.24) is 4.90 Å². The van der Waals surface area contributed by atoms with E-state index in [0.717, 1.165) is 0 Å². The maximum atomic E-state index is 11.7. The SMILES string of the molecule is Cl.NC1=NCCN1C(=O)Nc1ccc(Cl)cc1.O. The number of guanidine groups is 1. The van der Waals surface area contributed by atoms with Gasteiger partial charge in [0, 0.05) is 10.7 Å². The topological polar surface area (TPSA) is 102 Å². The third kappa shape index (κ3) is 3.76. The van der Waals surface area contributed by atoms with Crippen molar-refractivity contribution in [3.8, 4) is 0 Å². The van der Waals surface area contributed by atoms with E-state index in [0.29, 0.717) is 23.8 Å². The molecule has 1 heterocycles. The van der Waals surface area contributed by atoms with E-state index in [2.05, 4.69) is 10.3 Å². The molecule has 2 rings (SSSR count). The van der Waals surface area contributed by atoms with Crippen LogP contribution < -0.4 is 11.1 Å². The van der Waals surface area contributed by atoms with Crippen LogP contribution in [0, 0.1) is 0 Å². The van der Waals surface area contributed by atoms with Crippen molar-refractivity contribution in [2.45, 2.75) is 0 Å². The number of aliphatic imine (C=N–C) groups is 1. The first-order chi connectivity index (χ1) is 7.66. The lowest BCUT2D eigenvalue weighted by Gasteiger charge is -2.16. The molecule has 0 unspecified atom stereocenters. The summed E-state index contributed by atoms with van der Waals surface area (Å²) in [4.78, 5) is 17.1. The molecule has 0 aromatic heterocycles. The van der Waals surface area contributed by atoms with Crippen molar-refractivity contribution in [1.29, 1.82) is 0 Å². The van der Waals surface area contributed by atoms with Gasteiger partial charge in [-0.1, -0.05) is 11.6 Å². The zero-order valence-electron chi connectivity index (χ0n) is 9.39. The molecule has 1 aromatic rings. The normalized spacial score (nSPS) is 13.2. The van der Waals surface area contributed by atoms with Crippen molar-refractivity contribution in [3.63, 3.8) is 0 Å². The molecular weight excluding hydrogens is 279 g/mol. The fourth-order valence-corrected chi connectivity index (χ4v) is 1.52. The lowest BCUT2D eigenvalue weighted by molar-refractivity contribution is 0.236. The largest absolute Gasteiger partial charge is 0.412 e. The Balaban J connectivity index is 0.00000144. The predicted octanol–water partition coefficient (Wildman–Crippen LogP) is 1.10. The molecular formula is C10H14Cl2N4O2. The van der Waals surface area contributed by atoms with Gasteiger partial charge in [-0.05, 0) is 24.3 Å². The lowest BCUT2D eigenvalue weighted by Crippen LogP contribution is -2.41. The highest BCUT2D eigenvalue weighted by atomic mass is 35.5. The highest BCUT2D eigenvalue weighted by molar-refractivity contribution is 6.30. The molecule has 0 radical (unpaired) electrons. The van der Waals surface area contributed by atoms with Crippen molar-refractivity contribution in [3.05, 3.63) is 29.3 Å². The number of rotatable bonds is 1. The molecule has 0 saturated heterocycles. The number of hydrogen-bond acceptors (Lipinski definition) is 3. The average Bonchev–Trinajstić information content (AvgIpc) is 2.68. The van der Waals surface area contributed by atoms with Gasteiger partial charge in [-0.2, -0.15) is 0 Å². The van der Waals surface area contributed by atoms with E-state index in [1.54, 1.807) is 24.3 Å². The zero-order chi connectivity index (χ0) is 11.5. The molecule has 0 aliphatic carbocycles. The Kier molecular flexibility index (Phi) is 6.46. The number of nitrogens with two attached hydrogens (primary N) is 1. The molecule has 6 nitrogen and oxygen atoms in total. The minimum absolute atomic E-state index is 0. The Morgan fingerprint density at radius 2 is 2.00 bits per heavy atom. The van der Waals surface area contributed by atoms with Crippen LogP contribution in [0.2, 0.25) is 5.02 Å². The molecule has 100 valence electrons. The highest BCUT2D eigenvalue weighted by Gasteiger charge is 2.20. The van der Waals surface area contributed by atoms with Crippen LogP contribution in [-0.4, -0.2) is 35.5 Å². The van der Waals surface area contributed by atoms with Crippen LogP contribution in [-0.2, 0) is 0 Å². The molecule has 1 aromatic carbocycles. The Hall–Kier alpha value is -1.50. The molecule has 0 spiro atoms. The maximum absolute atomic E-state index is 11.7. The van der Waals surface area contributed by atoms with Gasteiger partial charge in [0.25, 0.3) is 0 Å². The third-order valence-corrected chi connectivity index (χ3v) is 2.47. The van der Waals surface area contributed by atoms with Crippen LogP contribution in [0.5, 0.6) is 0 Å². The van der Waals surface area contributed by atoms with Crippen molar-refractivity contribution in [2.75, 3.05) is 18.4 Å². The van der Waals surface area contributed by atoms with Crippen LogP contribution in [0.25, 0.3) is 0 Å². The summed E-state index contributed by atoms with van der Waals surface area (Å²) >= 11 is 5.74. The van der Waals surface area contributed by atoms with Gasteiger partial charge < -0.3 is 16.5 Å². The molecule has 8 heteroatoms. The number of hydrogen-bond donors (Lipinski definition) is 2. The molecule has 2 amide bonds. The van der Waals surface area contributed by atoms with Crippen molar-refractivity contribution >= 4 is 41.7 Å². The van der Waals surface area contributed by atoms with Crippen LogP contribution in [0.4, 0.5) is 10.5 Å². The number of halogens is 2. The Labute approximate surface area is 116 Å². The zero-order valence-corrected chi connectivity index (χ0v) is 11.0. The molecule has 18 heavy (non-hydrogen) atoms. The smallest absolute Gasteiger partial charge is 0.328 e. The second kappa shape index (κ2) is 7.05. The molecule has 0 saturated carbocycles. The van der Waals surface area contributed by atoms with Gasteiger partial charge in [-0.3, -0.25) is 9.89 Å². The summed E-state index contributed by atoms with van der Waals surface area (Å²) in [5, 5.41) is 3.33. The molecule has 0 bridgehead atoms. The Bertz CT molecular complexity index is 436. The fourth-order valence-electron chi connectivity index (χ4n) is 1.39. The number of benzene rings is 1. The van der Waals surface area contributed by atoms with E-state index < -0.39 is 0 Å². The predicted molar refractivity (Wildman–Crippen MR) is 74.5 cm³/mol. The van der Waals surface area contributed by atoms with E-state index in [-0.39, 0.29) is 29.9 Å². The van der Waals surface area contributed by atoms with Gasteiger partial charge in [0.15, 0.2) is 5.96 Å². The molecule has 0 fully saturated rings.